The van der Waals surface area contributed by atoms with E-state index in [1.807, 2.05) is 0 Å². The van der Waals surface area contributed by atoms with E-state index in [0.29, 0.717) is 27.3 Å². The fourth-order valence-corrected chi connectivity index (χ4v) is 24.3. The van der Waals surface area contributed by atoms with Gasteiger partial charge >= 0.3 is 0 Å². The average molecular weight is 832 g/mol. The maximum Gasteiger partial charge on any atom is 0.251 e. The van der Waals surface area contributed by atoms with Gasteiger partial charge < -0.3 is 0 Å². The minimum absolute atomic E-state index is 0.414. The first-order chi connectivity index (χ1) is 26.8. The molecule has 0 bridgehead atoms. The quantitative estimate of drug-likeness (QED) is 0.178. The highest BCUT2D eigenvalue weighted by molar-refractivity contribution is 7.45. The third kappa shape index (κ3) is 7.31. The summed E-state index contributed by atoms with van der Waals surface area (Å²) in [6.07, 6.45) is 21.8. The summed E-state index contributed by atoms with van der Waals surface area (Å²) in [5.74, 6) is 0. The van der Waals surface area contributed by atoms with Crippen LogP contribution in [-0.2, 0) is 44.9 Å². The lowest BCUT2D eigenvalue weighted by Crippen LogP contribution is -2.45. The van der Waals surface area contributed by atoms with Gasteiger partial charge in [-0.1, -0.05) is 151 Å². The van der Waals surface area contributed by atoms with Crippen molar-refractivity contribution in [1.82, 2.24) is 0 Å². The van der Waals surface area contributed by atoms with Gasteiger partial charge in [0.05, 0.1) is 8.07 Å². The minimum Gasteiger partial charge on any atom is -0.146 e. The Morgan fingerprint density at radius 2 is 0.912 bits per heavy atom. The molecule has 0 N–H and O–H groups in total. The highest BCUT2D eigenvalue weighted by atomic mass is 35.7. The number of rotatable bonds is 2. The Kier molecular flexibility index (Phi) is 10.1. The van der Waals surface area contributed by atoms with Gasteiger partial charge in [0.1, 0.15) is 0 Å². The Labute approximate surface area is 357 Å². The molecule has 0 aromatic heterocycles. The first-order valence-corrected chi connectivity index (χ1v) is 29.7. The second kappa shape index (κ2) is 14.2. The second-order valence-electron chi connectivity index (χ2n) is 22.6. The van der Waals surface area contributed by atoms with E-state index in [2.05, 4.69) is 117 Å². The molecule has 2 atom stereocenters. The molecule has 0 saturated carbocycles. The zero-order valence-electron chi connectivity index (χ0n) is 36.7. The Morgan fingerprint density at radius 3 is 1.37 bits per heavy atom. The zero-order valence-corrected chi connectivity index (χ0v) is 40.2. The lowest BCUT2D eigenvalue weighted by Gasteiger charge is -2.42. The molecule has 2 unspecified atom stereocenters. The summed E-state index contributed by atoms with van der Waals surface area (Å²) in [4.78, 5) is 0. The Bertz CT molecular complexity index is 2130. The molecular formula is C53H68Cl2Si2. The fourth-order valence-electron chi connectivity index (χ4n) is 13.6. The van der Waals surface area contributed by atoms with Crippen LogP contribution >= 0.6 is 22.2 Å². The molecule has 0 radical (unpaired) electrons. The third-order valence-corrected chi connectivity index (χ3v) is 26.5. The highest BCUT2D eigenvalue weighted by Crippen LogP contribution is 2.60. The van der Waals surface area contributed by atoms with E-state index in [1.165, 1.54) is 93.9 Å². The van der Waals surface area contributed by atoms with E-state index in [4.69, 9.17) is 22.2 Å². The van der Waals surface area contributed by atoms with E-state index in [0.717, 1.165) is 12.1 Å². The van der Waals surface area contributed by atoms with Crippen LogP contribution < -0.4 is 0 Å². The number of allylic oxidation sites excluding steroid dienone is 3. The minimum atomic E-state index is -1.67. The van der Waals surface area contributed by atoms with Crippen LogP contribution in [0.25, 0.3) is 18.2 Å². The van der Waals surface area contributed by atoms with E-state index in [9.17, 15) is 0 Å². The van der Waals surface area contributed by atoms with Crippen molar-refractivity contribution >= 4 is 55.2 Å². The van der Waals surface area contributed by atoms with Crippen molar-refractivity contribution in [2.24, 2.45) is 16.2 Å². The molecular weight excluding hydrogens is 764 g/mol. The Balaban J connectivity index is 0.000000157. The molecule has 8 aliphatic rings. The molecule has 2 fully saturated rings. The molecule has 4 heteroatoms. The average Bonchev–Trinajstić information content (AvgIpc) is 3.96. The van der Waals surface area contributed by atoms with Gasteiger partial charge in [0.2, 0.25) is 0 Å². The lowest BCUT2D eigenvalue weighted by molar-refractivity contribution is 0.392. The Hall–Kier alpha value is -2.11. The molecule has 0 amide bonds. The maximum absolute atomic E-state index is 5.87. The van der Waals surface area contributed by atoms with Gasteiger partial charge in [-0.2, -0.15) is 0 Å². The molecule has 302 valence electrons. The standard InChI is InChI=1S/C34H42Si.C15H18.C4H8Cl2Si/c1-21-15-27-25(11-9-23-17-33(3,4)19-29(23)27)31(21)35(13-7-8-14-35)32-22(2)16-28-26(32)12-10-24-18-34(5,6)20-30(24)28;1-10-6-11-4-5-12-8-15(2,3)9-14(12)13(11)7-10;5-7(6)3-1-2-4-7/h9-12,15-16,31-32H,7-8,13-14,17-20H2,1-6H3;4-6H,7-9H2,1-3H3;1-4H2. The van der Waals surface area contributed by atoms with Gasteiger partial charge in [0.25, 0.3) is 6.69 Å². The van der Waals surface area contributed by atoms with Crippen molar-refractivity contribution in [2.45, 2.75) is 168 Å². The van der Waals surface area contributed by atoms with Crippen LogP contribution in [-0.4, -0.2) is 14.8 Å². The van der Waals surface area contributed by atoms with Crippen LogP contribution in [0.2, 0.25) is 24.2 Å². The largest absolute Gasteiger partial charge is 0.251 e. The van der Waals surface area contributed by atoms with Crippen LogP contribution in [0.1, 0.15) is 166 Å². The number of hydrogen-bond acceptors (Lipinski definition) is 0. The normalized spacial score (nSPS) is 26.5. The molecule has 11 rings (SSSR count). The highest BCUT2D eigenvalue weighted by Gasteiger charge is 2.55. The molecule has 0 spiro atoms. The lowest BCUT2D eigenvalue weighted by atomic mass is 9.89. The van der Waals surface area contributed by atoms with E-state index < -0.39 is 14.8 Å². The molecule has 3 aromatic rings. The fraction of sp³-hybridized carbons (Fsp3) is 0.547. The SMILES string of the molecule is CC1=Cc2c(ccc3c2CC(C)(C)C3)C1[Si]1(C2C(C)=Cc3c2ccc2c3CC(C)(C)C2)CCCC1.CC1=Cc2ccc3c(c2C1)CC(C)(C)C3.Cl[Si]1(Cl)CCCC1. The van der Waals surface area contributed by atoms with Crippen molar-refractivity contribution in [3.8, 4) is 0 Å². The molecule has 2 aliphatic heterocycles. The first-order valence-electron chi connectivity index (χ1n) is 22.7. The monoisotopic (exact) mass is 830 g/mol. The van der Waals surface area contributed by atoms with Crippen LogP contribution in [0.5, 0.6) is 0 Å². The first kappa shape index (κ1) is 40.3. The van der Waals surface area contributed by atoms with Crippen molar-refractivity contribution in [3.05, 3.63) is 120 Å². The van der Waals surface area contributed by atoms with Crippen molar-refractivity contribution in [1.29, 1.82) is 0 Å². The summed E-state index contributed by atoms with van der Waals surface area (Å²) in [5, 5.41) is 0. The van der Waals surface area contributed by atoms with Crippen molar-refractivity contribution in [3.63, 3.8) is 0 Å². The van der Waals surface area contributed by atoms with Gasteiger partial charge in [-0.15, -0.1) is 22.2 Å². The Morgan fingerprint density at radius 1 is 0.491 bits per heavy atom. The zero-order chi connectivity index (χ0) is 40.3. The smallest absolute Gasteiger partial charge is 0.146 e. The summed E-state index contributed by atoms with van der Waals surface area (Å²) >= 11 is 11.7. The molecule has 57 heavy (non-hydrogen) atoms. The third-order valence-electron chi connectivity index (χ3n) is 15.7. The number of benzene rings is 3. The van der Waals surface area contributed by atoms with Crippen molar-refractivity contribution in [2.75, 3.05) is 0 Å². The van der Waals surface area contributed by atoms with Gasteiger partial charge in [0, 0.05) is 11.1 Å². The van der Waals surface area contributed by atoms with E-state index in [-0.39, 0.29) is 0 Å². The summed E-state index contributed by atoms with van der Waals surface area (Å²) in [6, 6.07) is 20.1. The summed E-state index contributed by atoms with van der Waals surface area (Å²) in [5.41, 5.74) is 27.3. The van der Waals surface area contributed by atoms with Crippen molar-refractivity contribution < 1.29 is 0 Å². The molecule has 0 nitrogen and oxygen atoms in total. The summed E-state index contributed by atoms with van der Waals surface area (Å²) in [6.45, 7) is 20.2. The predicted octanol–water partition coefficient (Wildman–Crippen LogP) is 15.4. The van der Waals surface area contributed by atoms with Crippen LogP contribution in [0.3, 0.4) is 0 Å². The van der Waals surface area contributed by atoms with E-state index in [1.54, 1.807) is 72.3 Å². The molecule has 2 heterocycles. The van der Waals surface area contributed by atoms with Gasteiger partial charge in [-0.25, -0.2) is 0 Å². The predicted molar refractivity (Wildman–Crippen MR) is 254 cm³/mol. The second-order valence-corrected chi connectivity index (χ2v) is 34.8. The van der Waals surface area contributed by atoms with Crippen LogP contribution in [0.15, 0.2) is 53.1 Å². The van der Waals surface area contributed by atoms with Crippen LogP contribution in [0, 0.1) is 16.2 Å². The molecule has 2 saturated heterocycles. The topological polar surface area (TPSA) is 0 Å². The van der Waals surface area contributed by atoms with Gasteiger partial charge in [0.15, 0.2) is 0 Å². The van der Waals surface area contributed by atoms with Gasteiger partial charge in [-0.05, 0) is 161 Å². The van der Waals surface area contributed by atoms with E-state index >= 15 is 0 Å². The number of hydrogen-bond donors (Lipinski definition) is 0. The number of halogens is 2. The molecule has 3 aromatic carbocycles. The van der Waals surface area contributed by atoms with Crippen LogP contribution in [0.4, 0.5) is 0 Å². The summed E-state index contributed by atoms with van der Waals surface area (Å²) < 4.78 is 0. The summed E-state index contributed by atoms with van der Waals surface area (Å²) in [7, 11) is -1.67. The number of fused-ring (bicyclic) bond motifs is 9. The maximum atomic E-state index is 5.87. The molecule has 6 aliphatic carbocycles. The van der Waals surface area contributed by atoms with Gasteiger partial charge in [-0.3, -0.25) is 0 Å².